The summed E-state index contributed by atoms with van der Waals surface area (Å²) in [4.78, 5) is 11.4. The van der Waals surface area contributed by atoms with E-state index in [1.807, 2.05) is 13.8 Å². The molecule has 1 amide bonds. The van der Waals surface area contributed by atoms with E-state index in [0.29, 0.717) is 25.3 Å². The number of amides is 1. The third-order valence-corrected chi connectivity index (χ3v) is 4.23. The fourth-order valence-electron chi connectivity index (χ4n) is 1.68. The molecule has 0 aliphatic rings. The molecule has 0 atom stereocenters. The highest BCUT2D eigenvalue weighted by Crippen LogP contribution is 2.14. The standard InChI is InChI=1S/C15H24N2O5S/c1-4-21-15(18)17-13-6-8-14(9-7-13)23(19,20)16-10-5-11-22-12(2)3/h6-9,12,16H,4-5,10-11H2,1-3H3,(H,17,18). The lowest BCUT2D eigenvalue weighted by Gasteiger charge is -2.10. The quantitative estimate of drug-likeness (QED) is 0.671. The van der Waals surface area contributed by atoms with Gasteiger partial charge in [0.05, 0.1) is 17.6 Å². The van der Waals surface area contributed by atoms with Crippen LogP contribution in [0.2, 0.25) is 0 Å². The predicted molar refractivity (Wildman–Crippen MR) is 88.0 cm³/mol. The smallest absolute Gasteiger partial charge is 0.411 e. The molecule has 0 saturated carbocycles. The lowest BCUT2D eigenvalue weighted by atomic mass is 10.3. The van der Waals surface area contributed by atoms with Crippen molar-refractivity contribution in [3.8, 4) is 0 Å². The van der Waals surface area contributed by atoms with E-state index in [2.05, 4.69) is 10.0 Å². The van der Waals surface area contributed by atoms with Gasteiger partial charge in [-0.05, 0) is 51.5 Å². The molecule has 0 radical (unpaired) electrons. The molecule has 1 aromatic rings. The summed E-state index contributed by atoms with van der Waals surface area (Å²) in [6, 6.07) is 5.86. The molecule has 8 heteroatoms. The van der Waals surface area contributed by atoms with E-state index in [9.17, 15) is 13.2 Å². The summed E-state index contributed by atoms with van der Waals surface area (Å²) < 4.78 is 36.8. The second kappa shape index (κ2) is 9.49. The van der Waals surface area contributed by atoms with E-state index < -0.39 is 16.1 Å². The highest BCUT2D eigenvalue weighted by molar-refractivity contribution is 7.89. The third kappa shape index (κ3) is 7.45. The zero-order valence-electron chi connectivity index (χ0n) is 13.7. The van der Waals surface area contributed by atoms with Crippen molar-refractivity contribution in [3.63, 3.8) is 0 Å². The molecule has 1 aromatic carbocycles. The van der Waals surface area contributed by atoms with Crippen LogP contribution in [0.1, 0.15) is 27.2 Å². The van der Waals surface area contributed by atoms with Crippen LogP contribution < -0.4 is 10.0 Å². The van der Waals surface area contributed by atoms with Crippen LogP contribution in [0.5, 0.6) is 0 Å². The van der Waals surface area contributed by atoms with Crippen LogP contribution in [0.3, 0.4) is 0 Å². The maximum absolute atomic E-state index is 12.1. The first-order chi connectivity index (χ1) is 10.8. The first kappa shape index (κ1) is 19.4. The molecule has 0 spiro atoms. The minimum absolute atomic E-state index is 0.131. The molecule has 0 aliphatic heterocycles. The highest BCUT2D eigenvalue weighted by atomic mass is 32.2. The Labute approximate surface area is 137 Å². The Balaban J connectivity index is 2.51. The van der Waals surface area contributed by atoms with E-state index in [4.69, 9.17) is 9.47 Å². The van der Waals surface area contributed by atoms with Crippen LogP contribution in [-0.2, 0) is 19.5 Å². The van der Waals surface area contributed by atoms with Gasteiger partial charge in [-0.2, -0.15) is 0 Å². The average Bonchev–Trinajstić information content (AvgIpc) is 2.47. The van der Waals surface area contributed by atoms with Crippen molar-refractivity contribution in [2.24, 2.45) is 0 Å². The molecular formula is C15H24N2O5S. The molecule has 7 nitrogen and oxygen atoms in total. The van der Waals surface area contributed by atoms with Gasteiger partial charge in [0.15, 0.2) is 0 Å². The van der Waals surface area contributed by atoms with E-state index in [1.165, 1.54) is 24.3 Å². The van der Waals surface area contributed by atoms with Crippen molar-refractivity contribution in [3.05, 3.63) is 24.3 Å². The number of carbonyl (C=O) groups is 1. The normalized spacial score (nSPS) is 11.5. The number of rotatable bonds is 9. The Kier molecular flexibility index (Phi) is 8.01. The van der Waals surface area contributed by atoms with Gasteiger partial charge in [0.1, 0.15) is 0 Å². The number of anilines is 1. The Morgan fingerprint density at radius 2 is 1.87 bits per heavy atom. The van der Waals surface area contributed by atoms with Gasteiger partial charge in [0.2, 0.25) is 10.0 Å². The van der Waals surface area contributed by atoms with E-state index in [-0.39, 0.29) is 17.6 Å². The molecule has 0 bridgehead atoms. The molecule has 0 saturated heterocycles. The van der Waals surface area contributed by atoms with Gasteiger partial charge in [-0.3, -0.25) is 5.32 Å². The summed E-state index contributed by atoms with van der Waals surface area (Å²) >= 11 is 0. The molecule has 0 aromatic heterocycles. The molecule has 0 fully saturated rings. The highest BCUT2D eigenvalue weighted by Gasteiger charge is 2.13. The third-order valence-electron chi connectivity index (χ3n) is 2.75. The van der Waals surface area contributed by atoms with Crippen LogP contribution in [0.15, 0.2) is 29.2 Å². The number of hydrogen-bond donors (Lipinski definition) is 2. The zero-order valence-corrected chi connectivity index (χ0v) is 14.5. The van der Waals surface area contributed by atoms with Crippen LogP contribution in [0, 0.1) is 0 Å². The Morgan fingerprint density at radius 1 is 1.22 bits per heavy atom. The van der Waals surface area contributed by atoms with Crippen LogP contribution in [0.4, 0.5) is 10.5 Å². The Hall–Kier alpha value is -1.64. The summed E-state index contributed by atoms with van der Waals surface area (Å²) in [5, 5.41) is 2.50. The SMILES string of the molecule is CCOC(=O)Nc1ccc(S(=O)(=O)NCCCOC(C)C)cc1. The number of carbonyl (C=O) groups excluding carboxylic acids is 1. The van der Waals surface area contributed by atoms with Gasteiger partial charge in [-0.15, -0.1) is 0 Å². The van der Waals surface area contributed by atoms with Crippen LogP contribution in [0.25, 0.3) is 0 Å². The van der Waals surface area contributed by atoms with Crippen molar-refractivity contribution in [1.82, 2.24) is 4.72 Å². The summed E-state index contributed by atoms with van der Waals surface area (Å²) in [6.45, 7) is 6.63. The number of nitrogens with one attached hydrogen (secondary N) is 2. The predicted octanol–water partition coefficient (Wildman–Crippen LogP) is 2.35. The minimum atomic E-state index is -3.57. The van der Waals surface area contributed by atoms with Crippen molar-refractivity contribution >= 4 is 21.8 Å². The van der Waals surface area contributed by atoms with E-state index in [0.717, 1.165) is 0 Å². The molecule has 1 rings (SSSR count). The first-order valence-electron chi connectivity index (χ1n) is 7.50. The minimum Gasteiger partial charge on any atom is -0.450 e. The molecule has 0 heterocycles. The lowest BCUT2D eigenvalue weighted by Crippen LogP contribution is -2.26. The monoisotopic (exact) mass is 344 g/mol. The topological polar surface area (TPSA) is 93.7 Å². The number of hydrogen-bond acceptors (Lipinski definition) is 5. The Morgan fingerprint density at radius 3 is 2.43 bits per heavy atom. The number of ether oxygens (including phenoxy) is 2. The zero-order chi connectivity index (χ0) is 17.3. The van der Waals surface area contributed by atoms with E-state index in [1.54, 1.807) is 6.92 Å². The van der Waals surface area contributed by atoms with Crippen LogP contribution in [-0.4, -0.2) is 40.4 Å². The van der Waals surface area contributed by atoms with Crippen molar-refractivity contribution in [1.29, 1.82) is 0 Å². The number of sulfonamides is 1. The number of benzene rings is 1. The van der Waals surface area contributed by atoms with Gasteiger partial charge in [-0.25, -0.2) is 17.9 Å². The molecule has 23 heavy (non-hydrogen) atoms. The largest absolute Gasteiger partial charge is 0.450 e. The lowest BCUT2D eigenvalue weighted by molar-refractivity contribution is 0.0778. The maximum atomic E-state index is 12.1. The second-order valence-electron chi connectivity index (χ2n) is 5.04. The van der Waals surface area contributed by atoms with Crippen LogP contribution >= 0.6 is 0 Å². The van der Waals surface area contributed by atoms with Gasteiger partial charge in [-0.1, -0.05) is 0 Å². The summed E-state index contributed by atoms with van der Waals surface area (Å²) in [5.41, 5.74) is 0.465. The first-order valence-corrected chi connectivity index (χ1v) is 8.98. The van der Waals surface area contributed by atoms with E-state index >= 15 is 0 Å². The summed E-state index contributed by atoms with van der Waals surface area (Å²) in [5.74, 6) is 0. The average molecular weight is 344 g/mol. The maximum Gasteiger partial charge on any atom is 0.411 e. The molecule has 0 aliphatic carbocycles. The second-order valence-corrected chi connectivity index (χ2v) is 6.81. The van der Waals surface area contributed by atoms with Crippen molar-refractivity contribution < 1.29 is 22.7 Å². The molecule has 2 N–H and O–H groups in total. The summed E-state index contributed by atoms with van der Waals surface area (Å²) in [6.07, 6.45) is 0.150. The van der Waals surface area contributed by atoms with Gasteiger partial charge < -0.3 is 9.47 Å². The summed E-state index contributed by atoms with van der Waals surface area (Å²) in [7, 11) is -3.57. The molecule has 130 valence electrons. The van der Waals surface area contributed by atoms with Crippen molar-refractivity contribution in [2.75, 3.05) is 25.1 Å². The van der Waals surface area contributed by atoms with Gasteiger partial charge >= 0.3 is 6.09 Å². The van der Waals surface area contributed by atoms with Crippen molar-refractivity contribution in [2.45, 2.75) is 38.2 Å². The molecular weight excluding hydrogens is 320 g/mol. The van der Waals surface area contributed by atoms with Gasteiger partial charge in [0, 0.05) is 18.8 Å². The fourth-order valence-corrected chi connectivity index (χ4v) is 2.76. The fraction of sp³-hybridized carbons (Fsp3) is 0.533. The molecule has 0 unspecified atom stereocenters. The Bertz CT molecular complexity index is 584. The van der Waals surface area contributed by atoms with Gasteiger partial charge in [0.25, 0.3) is 0 Å².